The lowest BCUT2D eigenvalue weighted by atomic mass is 9.97. The van der Waals surface area contributed by atoms with Gasteiger partial charge in [-0.2, -0.15) is 11.8 Å². The summed E-state index contributed by atoms with van der Waals surface area (Å²) >= 11 is 2.00. The molecule has 0 aromatic heterocycles. The van der Waals surface area contributed by atoms with E-state index in [0.717, 1.165) is 49.5 Å². The fraction of sp³-hybridized carbons (Fsp3) is 0.929. The average Bonchev–Trinajstić information content (AvgIpc) is 2.89. The lowest BCUT2D eigenvalue weighted by Gasteiger charge is -2.22. The van der Waals surface area contributed by atoms with Crippen LogP contribution in [0, 0.1) is 0 Å². The van der Waals surface area contributed by atoms with Gasteiger partial charge < -0.3 is 10.4 Å². The Morgan fingerprint density at radius 1 is 1.39 bits per heavy atom. The second-order valence-corrected chi connectivity index (χ2v) is 7.34. The highest BCUT2D eigenvalue weighted by atomic mass is 32.2. The van der Waals surface area contributed by atoms with Crippen molar-refractivity contribution in [2.24, 2.45) is 0 Å². The summed E-state index contributed by atoms with van der Waals surface area (Å²) in [7, 11) is 0. The van der Waals surface area contributed by atoms with Gasteiger partial charge in [-0.3, -0.25) is 4.79 Å². The van der Waals surface area contributed by atoms with E-state index in [0.29, 0.717) is 12.5 Å². The molecule has 2 aliphatic rings. The quantitative estimate of drug-likeness (QED) is 0.807. The van der Waals surface area contributed by atoms with Crippen molar-refractivity contribution in [1.82, 2.24) is 5.32 Å². The fourth-order valence-electron chi connectivity index (χ4n) is 3.25. The van der Waals surface area contributed by atoms with E-state index in [-0.39, 0.29) is 5.91 Å². The Kier molecular flexibility index (Phi) is 4.96. The van der Waals surface area contributed by atoms with E-state index in [2.05, 4.69) is 12.2 Å². The summed E-state index contributed by atoms with van der Waals surface area (Å²) in [5, 5.41) is 14.0. The van der Waals surface area contributed by atoms with Gasteiger partial charge in [0.1, 0.15) is 0 Å². The molecule has 104 valence electrons. The maximum Gasteiger partial charge on any atom is 0.223 e. The number of rotatable bonds is 5. The number of hydrogen-bond donors (Lipinski definition) is 2. The van der Waals surface area contributed by atoms with E-state index in [1.54, 1.807) is 0 Å². The number of carbonyl (C=O) groups is 1. The van der Waals surface area contributed by atoms with Crippen molar-refractivity contribution in [2.45, 2.75) is 75.2 Å². The molecule has 0 bridgehead atoms. The number of aliphatic hydroxyl groups is 1. The van der Waals surface area contributed by atoms with E-state index in [1.165, 1.54) is 6.42 Å². The Hall–Kier alpha value is -0.220. The highest BCUT2D eigenvalue weighted by molar-refractivity contribution is 7.99. The SMILES string of the molecule is CCSC1CCC(NC(=O)CC2(O)CCCC2)C1. The second-order valence-electron chi connectivity index (χ2n) is 5.76. The summed E-state index contributed by atoms with van der Waals surface area (Å²) in [4.78, 5) is 11.9. The Labute approximate surface area is 114 Å². The zero-order chi connectivity index (χ0) is 13.0. The topological polar surface area (TPSA) is 49.3 Å². The van der Waals surface area contributed by atoms with Gasteiger partial charge in [0.05, 0.1) is 12.0 Å². The first kappa shape index (κ1) is 14.2. The normalized spacial score (nSPS) is 30.6. The monoisotopic (exact) mass is 271 g/mol. The lowest BCUT2D eigenvalue weighted by Crippen LogP contribution is -2.39. The van der Waals surface area contributed by atoms with Crippen LogP contribution in [-0.4, -0.2) is 33.7 Å². The highest BCUT2D eigenvalue weighted by Crippen LogP contribution is 2.33. The van der Waals surface area contributed by atoms with Crippen molar-refractivity contribution < 1.29 is 9.90 Å². The summed E-state index contributed by atoms with van der Waals surface area (Å²) < 4.78 is 0. The number of thioether (sulfide) groups is 1. The van der Waals surface area contributed by atoms with E-state index >= 15 is 0 Å². The van der Waals surface area contributed by atoms with Gasteiger partial charge in [-0.05, 0) is 37.9 Å². The van der Waals surface area contributed by atoms with Crippen LogP contribution < -0.4 is 5.32 Å². The summed E-state index contributed by atoms with van der Waals surface area (Å²) in [6.07, 6.45) is 7.41. The molecule has 3 nitrogen and oxygen atoms in total. The summed E-state index contributed by atoms with van der Waals surface area (Å²) in [6, 6.07) is 0.339. The largest absolute Gasteiger partial charge is 0.389 e. The van der Waals surface area contributed by atoms with Crippen LogP contribution in [0.2, 0.25) is 0 Å². The predicted octanol–water partition coefficient (Wildman–Crippen LogP) is 2.47. The zero-order valence-electron chi connectivity index (χ0n) is 11.3. The van der Waals surface area contributed by atoms with Gasteiger partial charge in [-0.1, -0.05) is 19.8 Å². The lowest BCUT2D eigenvalue weighted by molar-refractivity contribution is -0.126. The third-order valence-electron chi connectivity index (χ3n) is 4.18. The molecule has 2 saturated carbocycles. The summed E-state index contributed by atoms with van der Waals surface area (Å²) in [5.41, 5.74) is -0.708. The standard InChI is InChI=1S/C14H25NO2S/c1-2-18-12-6-5-11(9-12)15-13(16)10-14(17)7-3-4-8-14/h11-12,17H,2-10H2,1H3,(H,15,16). The van der Waals surface area contributed by atoms with Gasteiger partial charge in [0.25, 0.3) is 0 Å². The minimum atomic E-state index is -0.708. The molecule has 0 saturated heterocycles. The van der Waals surface area contributed by atoms with E-state index < -0.39 is 5.60 Å². The van der Waals surface area contributed by atoms with E-state index in [1.807, 2.05) is 11.8 Å². The molecular formula is C14H25NO2S. The molecule has 0 aliphatic heterocycles. The number of hydrogen-bond acceptors (Lipinski definition) is 3. The van der Waals surface area contributed by atoms with Gasteiger partial charge in [-0.25, -0.2) is 0 Å². The van der Waals surface area contributed by atoms with Gasteiger partial charge in [0, 0.05) is 11.3 Å². The average molecular weight is 271 g/mol. The minimum absolute atomic E-state index is 0.0477. The fourth-order valence-corrected chi connectivity index (χ4v) is 4.39. The summed E-state index contributed by atoms with van der Waals surface area (Å²) in [6.45, 7) is 2.19. The van der Waals surface area contributed by atoms with Gasteiger partial charge in [0.2, 0.25) is 5.91 Å². The Bertz CT molecular complexity index is 290. The third kappa shape index (κ3) is 3.89. The first-order chi connectivity index (χ1) is 8.61. The second kappa shape index (κ2) is 6.29. The Balaban J connectivity index is 1.71. The number of amides is 1. The van der Waals surface area contributed by atoms with Crippen molar-refractivity contribution in [1.29, 1.82) is 0 Å². The molecule has 0 heterocycles. The van der Waals surface area contributed by atoms with Gasteiger partial charge in [-0.15, -0.1) is 0 Å². The number of carbonyl (C=O) groups excluding carboxylic acids is 1. The molecule has 0 radical (unpaired) electrons. The highest BCUT2D eigenvalue weighted by Gasteiger charge is 2.34. The molecule has 4 heteroatoms. The molecule has 2 rings (SSSR count). The third-order valence-corrected chi connectivity index (χ3v) is 5.41. The first-order valence-electron chi connectivity index (χ1n) is 7.25. The number of nitrogens with one attached hydrogen (secondary N) is 1. The van der Waals surface area contributed by atoms with Crippen molar-refractivity contribution in [3.63, 3.8) is 0 Å². The Morgan fingerprint density at radius 3 is 2.78 bits per heavy atom. The van der Waals surface area contributed by atoms with Crippen LogP contribution in [0.4, 0.5) is 0 Å². The minimum Gasteiger partial charge on any atom is -0.389 e. The molecule has 1 amide bonds. The van der Waals surface area contributed by atoms with Crippen molar-refractivity contribution in [3.05, 3.63) is 0 Å². The molecule has 0 spiro atoms. The molecule has 2 atom stereocenters. The molecule has 0 aromatic carbocycles. The van der Waals surface area contributed by atoms with Crippen LogP contribution in [0.15, 0.2) is 0 Å². The van der Waals surface area contributed by atoms with Crippen molar-refractivity contribution in [3.8, 4) is 0 Å². The molecule has 0 aromatic rings. The molecular weight excluding hydrogens is 246 g/mol. The van der Waals surface area contributed by atoms with Crippen LogP contribution in [0.5, 0.6) is 0 Å². The smallest absolute Gasteiger partial charge is 0.223 e. The van der Waals surface area contributed by atoms with E-state index in [9.17, 15) is 9.90 Å². The zero-order valence-corrected chi connectivity index (χ0v) is 12.1. The molecule has 2 fully saturated rings. The Morgan fingerprint density at radius 2 is 2.11 bits per heavy atom. The molecule has 2 unspecified atom stereocenters. The molecule has 2 N–H and O–H groups in total. The van der Waals surface area contributed by atoms with Gasteiger partial charge in [0.15, 0.2) is 0 Å². The molecule has 18 heavy (non-hydrogen) atoms. The van der Waals surface area contributed by atoms with E-state index in [4.69, 9.17) is 0 Å². The van der Waals surface area contributed by atoms with Crippen molar-refractivity contribution in [2.75, 3.05) is 5.75 Å². The van der Waals surface area contributed by atoms with Crippen LogP contribution in [-0.2, 0) is 4.79 Å². The maximum atomic E-state index is 11.9. The van der Waals surface area contributed by atoms with Crippen molar-refractivity contribution >= 4 is 17.7 Å². The first-order valence-corrected chi connectivity index (χ1v) is 8.29. The van der Waals surface area contributed by atoms with Gasteiger partial charge >= 0.3 is 0 Å². The van der Waals surface area contributed by atoms with Crippen LogP contribution in [0.25, 0.3) is 0 Å². The van der Waals surface area contributed by atoms with Crippen LogP contribution in [0.1, 0.15) is 58.3 Å². The van der Waals surface area contributed by atoms with Crippen LogP contribution in [0.3, 0.4) is 0 Å². The van der Waals surface area contributed by atoms with Crippen LogP contribution >= 0.6 is 11.8 Å². The maximum absolute atomic E-state index is 11.9. The predicted molar refractivity (Wildman–Crippen MR) is 75.7 cm³/mol. The molecule has 2 aliphatic carbocycles. The summed E-state index contributed by atoms with van der Waals surface area (Å²) in [5.74, 6) is 1.21.